The molecule has 0 spiro atoms. The Kier molecular flexibility index (Phi) is 4.27. The Bertz CT molecular complexity index is 637. The summed E-state index contributed by atoms with van der Waals surface area (Å²) in [6, 6.07) is 13.5. The van der Waals surface area contributed by atoms with E-state index >= 15 is 0 Å². The van der Waals surface area contributed by atoms with E-state index in [9.17, 15) is 4.39 Å². The molecule has 0 heterocycles. The summed E-state index contributed by atoms with van der Waals surface area (Å²) in [5, 5.41) is 3.48. The maximum absolute atomic E-state index is 13.8. The molecule has 0 aromatic heterocycles. The fraction of sp³-hybridized carbons (Fsp3) is 0.333. The van der Waals surface area contributed by atoms with Crippen molar-refractivity contribution in [3.05, 3.63) is 70.0 Å². The third kappa shape index (κ3) is 2.83. The van der Waals surface area contributed by atoms with Crippen LogP contribution in [0, 0.1) is 5.82 Å². The van der Waals surface area contributed by atoms with Crippen molar-refractivity contribution in [1.82, 2.24) is 5.32 Å². The van der Waals surface area contributed by atoms with Crippen molar-refractivity contribution in [3.63, 3.8) is 0 Å². The van der Waals surface area contributed by atoms with Crippen LogP contribution in [0.25, 0.3) is 0 Å². The highest BCUT2D eigenvalue weighted by molar-refractivity contribution is 6.30. The van der Waals surface area contributed by atoms with Crippen molar-refractivity contribution in [2.45, 2.75) is 31.2 Å². The highest BCUT2D eigenvalue weighted by Gasteiger charge is 2.25. The number of hydrogen-bond acceptors (Lipinski definition) is 1. The van der Waals surface area contributed by atoms with E-state index in [0.29, 0.717) is 5.92 Å². The van der Waals surface area contributed by atoms with Crippen LogP contribution < -0.4 is 5.32 Å². The summed E-state index contributed by atoms with van der Waals surface area (Å²) >= 11 is 5.79. The fourth-order valence-corrected chi connectivity index (χ4v) is 3.18. The lowest BCUT2D eigenvalue weighted by Gasteiger charge is -2.30. The van der Waals surface area contributed by atoms with Gasteiger partial charge in [0.25, 0.3) is 0 Å². The molecule has 1 nitrogen and oxygen atoms in total. The lowest BCUT2D eigenvalue weighted by molar-refractivity contribution is 0.415. The van der Waals surface area contributed by atoms with Crippen LogP contribution in [0.2, 0.25) is 5.02 Å². The van der Waals surface area contributed by atoms with Gasteiger partial charge in [-0.15, -0.1) is 0 Å². The maximum Gasteiger partial charge on any atom is 0.142 e. The normalized spacial score (nSPS) is 16.5. The van der Waals surface area contributed by atoms with Crippen molar-refractivity contribution in [3.8, 4) is 0 Å². The molecule has 0 saturated heterocycles. The number of halogens is 2. The molecule has 1 unspecified atom stereocenters. The van der Waals surface area contributed by atoms with Crippen molar-refractivity contribution < 1.29 is 4.39 Å². The zero-order valence-electron chi connectivity index (χ0n) is 12.1. The van der Waals surface area contributed by atoms with Crippen molar-refractivity contribution >= 4 is 11.6 Å². The van der Waals surface area contributed by atoms with Crippen LogP contribution in [0.4, 0.5) is 4.39 Å². The first-order chi connectivity index (χ1) is 10.2. The minimum absolute atomic E-state index is 0.00596. The van der Waals surface area contributed by atoms with Gasteiger partial charge >= 0.3 is 0 Å². The van der Waals surface area contributed by atoms with E-state index in [2.05, 4.69) is 23.5 Å². The molecule has 1 aliphatic carbocycles. The zero-order valence-corrected chi connectivity index (χ0v) is 12.8. The summed E-state index contributed by atoms with van der Waals surface area (Å²) < 4.78 is 13.8. The minimum Gasteiger partial charge on any atom is -0.309 e. The van der Waals surface area contributed by atoms with Crippen molar-refractivity contribution in [1.29, 1.82) is 0 Å². The van der Waals surface area contributed by atoms with Crippen LogP contribution in [0.15, 0.2) is 42.5 Å². The summed E-state index contributed by atoms with van der Waals surface area (Å²) in [5.41, 5.74) is 3.54. The summed E-state index contributed by atoms with van der Waals surface area (Å²) in [6.07, 6.45) is 3.81. The van der Waals surface area contributed by atoms with E-state index in [-0.39, 0.29) is 16.9 Å². The molecule has 2 aromatic carbocycles. The molecule has 1 saturated carbocycles. The third-order valence-corrected chi connectivity index (χ3v) is 4.72. The average molecular weight is 304 g/mol. The predicted octanol–water partition coefficient (Wildman–Crippen LogP) is 5.06. The largest absolute Gasteiger partial charge is 0.309 e. The first kappa shape index (κ1) is 14.6. The Morgan fingerprint density at radius 1 is 1.19 bits per heavy atom. The van der Waals surface area contributed by atoms with E-state index in [0.717, 1.165) is 5.56 Å². The summed E-state index contributed by atoms with van der Waals surface area (Å²) in [6.45, 7) is 0. The van der Waals surface area contributed by atoms with Gasteiger partial charge in [0.2, 0.25) is 0 Å². The highest BCUT2D eigenvalue weighted by Crippen LogP contribution is 2.40. The van der Waals surface area contributed by atoms with E-state index in [1.54, 1.807) is 6.07 Å². The van der Waals surface area contributed by atoms with Crippen LogP contribution in [0.5, 0.6) is 0 Å². The molecule has 0 bridgehead atoms. The number of hydrogen-bond donors (Lipinski definition) is 1. The highest BCUT2D eigenvalue weighted by atomic mass is 35.5. The summed E-state index contributed by atoms with van der Waals surface area (Å²) in [4.78, 5) is 0. The van der Waals surface area contributed by atoms with E-state index < -0.39 is 0 Å². The minimum atomic E-state index is -0.365. The Morgan fingerprint density at radius 3 is 2.57 bits per heavy atom. The third-order valence-electron chi connectivity index (χ3n) is 4.42. The van der Waals surface area contributed by atoms with E-state index in [1.807, 2.05) is 19.2 Å². The molecule has 2 aromatic rings. The first-order valence-corrected chi connectivity index (χ1v) is 7.79. The van der Waals surface area contributed by atoms with E-state index in [4.69, 9.17) is 11.6 Å². The van der Waals surface area contributed by atoms with Crippen LogP contribution in [0.3, 0.4) is 0 Å². The average Bonchev–Trinajstić information content (AvgIpc) is 2.43. The van der Waals surface area contributed by atoms with E-state index in [1.165, 1.54) is 36.5 Å². The van der Waals surface area contributed by atoms with Crippen LogP contribution in [0.1, 0.15) is 47.9 Å². The van der Waals surface area contributed by atoms with Gasteiger partial charge in [0.15, 0.2) is 0 Å². The van der Waals surface area contributed by atoms with Crippen molar-refractivity contribution in [2.75, 3.05) is 7.05 Å². The van der Waals surface area contributed by atoms with Gasteiger partial charge in [0.1, 0.15) is 5.82 Å². The van der Waals surface area contributed by atoms with Gasteiger partial charge in [-0.1, -0.05) is 48.4 Å². The SMILES string of the molecule is CNC(c1ccc(Cl)c(F)c1)c1ccccc1C1CCC1. The molecule has 3 rings (SSSR count). The Labute approximate surface area is 130 Å². The quantitative estimate of drug-likeness (QED) is 0.833. The van der Waals surface area contributed by atoms with Gasteiger partial charge in [0.05, 0.1) is 11.1 Å². The lowest BCUT2D eigenvalue weighted by atomic mass is 9.76. The molecule has 3 heteroatoms. The van der Waals surface area contributed by atoms with Gasteiger partial charge in [-0.25, -0.2) is 4.39 Å². The maximum atomic E-state index is 13.8. The number of nitrogens with one attached hydrogen (secondary N) is 1. The predicted molar refractivity (Wildman–Crippen MR) is 85.3 cm³/mol. The van der Waals surface area contributed by atoms with Crippen LogP contribution in [-0.2, 0) is 0 Å². The molecule has 0 radical (unpaired) electrons. The van der Waals surface area contributed by atoms with Gasteiger partial charge in [-0.3, -0.25) is 0 Å². The second-order valence-electron chi connectivity index (χ2n) is 5.65. The molecule has 21 heavy (non-hydrogen) atoms. The molecular weight excluding hydrogens is 285 g/mol. The topological polar surface area (TPSA) is 12.0 Å². The Hall–Kier alpha value is -1.38. The van der Waals surface area contributed by atoms with Gasteiger partial charge in [-0.2, -0.15) is 0 Å². The summed E-state index contributed by atoms with van der Waals surface area (Å²) in [7, 11) is 1.91. The fourth-order valence-electron chi connectivity index (χ4n) is 3.06. The molecule has 0 aliphatic heterocycles. The van der Waals surface area contributed by atoms with Gasteiger partial charge < -0.3 is 5.32 Å². The van der Waals surface area contributed by atoms with Crippen LogP contribution >= 0.6 is 11.6 Å². The Balaban J connectivity index is 2.01. The zero-order chi connectivity index (χ0) is 14.8. The Morgan fingerprint density at radius 2 is 1.95 bits per heavy atom. The molecule has 0 amide bonds. The standard InChI is InChI=1S/C18H19ClFN/c1-21-18(13-9-10-16(19)17(20)11-13)15-8-3-2-7-14(15)12-5-4-6-12/h2-3,7-12,18,21H,4-6H2,1H3. The first-order valence-electron chi connectivity index (χ1n) is 7.41. The molecule has 1 fully saturated rings. The smallest absolute Gasteiger partial charge is 0.142 e. The molecule has 1 atom stereocenters. The molecular formula is C18H19ClFN. The summed E-state index contributed by atoms with van der Waals surface area (Å²) in [5.74, 6) is 0.282. The monoisotopic (exact) mass is 303 g/mol. The second-order valence-corrected chi connectivity index (χ2v) is 6.06. The molecule has 110 valence electrons. The number of benzene rings is 2. The van der Waals surface area contributed by atoms with Gasteiger partial charge in [-0.05, 0) is 54.6 Å². The number of rotatable bonds is 4. The van der Waals surface area contributed by atoms with Crippen LogP contribution in [-0.4, -0.2) is 7.05 Å². The second kappa shape index (κ2) is 6.17. The molecule has 1 N–H and O–H groups in total. The van der Waals surface area contributed by atoms with Gasteiger partial charge in [0, 0.05) is 0 Å². The van der Waals surface area contributed by atoms with Crippen molar-refractivity contribution in [2.24, 2.45) is 0 Å². The molecule has 1 aliphatic rings. The lowest BCUT2D eigenvalue weighted by Crippen LogP contribution is -2.21.